The van der Waals surface area contributed by atoms with Crippen LogP contribution in [0.5, 0.6) is 0 Å². The second-order valence-electron chi connectivity index (χ2n) is 8.16. The van der Waals surface area contributed by atoms with Gasteiger partial charge in [0.25, 0.3) is 0 Å². The molecule has 0 aliphatic carbocycles. The molecule has 2 aliphatic rings. The van der Waals surface area contributed by atoms with Gasteiger partial charge in [-0.25, -0.2) is 4.98 Å². The zero-order valence-corrected chi connectivity index (χ0v) is 17.1. The van der Waals surface area contributed by atoms with Crippen LogP contribution in [-0.4, -0.2) is 48.4 Å². The van der Waals surface area contributed by atoms with Crippen molar-refractivity contribution >= 4 is 17.6 Å². The predicted molar refractivity (Wildman–Crippen MR) is 110 cm³/mol. The van der Waals surface area contributed by atoms with Gasteiger partial charge in [-0.1, -0.05) is 6.42 Å². The lowest BCUT2D eigenvalue weighted by Gasteiger charge is -2.37. The van der Waals surface area contributed by atoms with E-state index in [2.05, 4.69) is 47.0 Å². The van der Waals surface area contributed by atoms with E-state index in [0.29, 0.717) is 0 Å². The van der Waals surface area contributed by atoms with Gasteiger partial charge >= 0.3 is 0 Å². The number of hydrogen-bond acceptors (Lipinski definition) is 4. The largest absolute Gasteiger partial charge is 0.357 e. The molecule has 3 nitrogen and oxygen atoms in total. The van der Waals surface area contributed by atoms with Gasteiger partial charge in [0.2, 0.25) is 0 Å². The van der Waals surface area contributed by atoms with Gasteiger partial charge in [-0.2, -0.15) is 0 Å². The van der Waals surface area contributed by atoms with Gasteiger partial charge in [-0.05, 0) is 82.7 Å². The van der Waals surface area contributed by atoms with Gasteiger partial charge in [0, 0.05) is 36.8 Å². The van der Waals surface area contributed by atoms with E-state index in [-0.39, 0.29) is 0 Å². The SMILES string of the molecule is CSc1ccc(N2CCC(CCC3CCCN(C(C)C)C3)CC2)nc1. The number of aromatic nitrogens is 1. The third kappa shape index (κ3) is 5.37. The summed E-state index contributed by atoms with van der Waals surface area (Å²) in [4.78, 5) is 11.0. The minimum atomic E-state index is 0.719. The number of rotatable bonds is 6. The van der Waals surface area contributed by atoms with Crippen LogP contribution in [0.4, 0.5) is 5.82 Å². The molecule has 0 radical (unpaired) electrons. The molecule has 1 aromatic rings. The summed E-state index contributed by atoms with van der Waals surface area (Å²) < 4.78 is 0. The molecule has 0 bridgehead atoms. The summed E-state index contributed by atoms with van der Waals surface area (Å²) in [5, 5.41) is 0. The van der Waals surface area contributed by atoms with E-state index in [1.165, 1.54) is 69.6 Å². The zero-order chi connectivity index (χ0) is 17.6. The van der Waals surface area contributed by atoms with Crippen molar-refractivity contribution in [1.29, 1.82) is 0 Å². The molecule has 1 aromatic heterocycles. The highest BCUT2D eigenvalue weighted by Gasteiger charge is 2.24. The van der Waals surface area contributed by atoms with Crippen molar-refractivity contribution in [1.82, 2.24) is 9.88 Å². The van der Waals surface area contributed by atoms with Crippen LogP contribution >= 0.6 is 11.8 Å². The van der Waals surface area contributed by atoms with Crippen LogP contribution in [0.15, 0.2) is 23.2 Å². The smallest absolute Gasteiger partial charge is 0.128 e. The van der Waals surface area contributed by atoms with Crippen molar-refractivity contribution in [3.05, 3.63) is 18.3 Å². The Hall–Kier alpha value is -0.740. The van der Waals surface area contributed by atoms with E-state index >= 15 is 0 Å². The lowest BCUT2D eigenvalue weighted by atomic mass is 9.85. The van der Waals surface area contributed by atoms with Gasteiger partial charge in [0.15, 0.2) is 0 Å². The Bertz CT molecular complexity index is 508. The van der Waals surface area contributed by atoms with E-state index in [1.54, 1.807) is 11.8 Å². The summed E-state index contributed by atoms with van der Waals surface area (Å²) in [6.45, 7) is 9.70. The molecular formula is C21H35N3S. The van der Waals surface area contributed by atoms with Crippen molar-refractivity contribution in [2.45, 2.75) is 63.3 Å². The van der Waals surface area contributed by atoms with Crippen LogP contribution in [0.25, 0.3) is 0 Å². The molecule has 1 atom stereocenters. The van der Waals surface area contributed by atoms with E-state index in [4.69, 9.17) is 0 Å². The number of likely N-dealkylation sites (tertiary alicyclic amines) is 1. The van der Waals surface area contributed by atoms with Gasteiger partial charge < -0.3 is 9.80 Å². The van der Waals surface area contributed by atoms with Crippen LogP contribution in [0.3, 0.4) is 0 Å². The summed E-state index contributed by atoms with van der Waals surface area (Å²) in [6.07, 6.45) is 12.5. The number of pyridine rings is 1. The highest BCUT2D eigenvalue weighted by molar-refractivity contribution is 7.98. The van der Waals surface area contributed by atoms with Crippen LogP contribution in [0.2, 0.25) is 0 Å². The average molecular weight is 362 g/mol. The molecule has 0 N–H and O–H groups in total. The molecule has 2 fully saturated rings. The van der Waals surface area contributed by atoms with Crippen LogP contribution in [-0.2, 0) is 0 Å². The molecule has 140 valence electrons. The molecule has 0 spiro atoms. The summed E-state index contributed by atoms with van der Waals surface area (Å²) in [5.41, 5.74) is 0. The molecule has 0 saturated carbocycles. The maximum absolute atomic E-state index is 4.64. The summed E-state index contributed by atoms with van der Waals surface area (Å²) in [5.74, 6) is 3.03. The standard InChI is InChI=1S/C21H35N3S/c1-17(2)24-12-4-5-19(16-24)7-6-18-10-13-23(14-11-18)21-9-8-20(25-3)15-22-21/h8-9,15,17-19H,4-7,10-14,16H2,1-3H3. The summed E-state index contributed by atoms with van der Waals surface area (Å²) in [7, 11) is 0. The molecule has 0 aromatic carbocycles. The topological polar surface area (TPSA) is 19.4 Å². The fourth-order valence-electron chi connectivity index (χ4n) is 4.40. The van der Waals surface area contributed by atoms with Crippen LogP contribution in [0.1, 0.15) is 52.4 Å². The minimum Gasteiger partial charge on any atom is -0.357 e. The molecule has 4 heteroatoms. The lowest BCUT2D eigenvalue weighted by molar-refractivity contribution is 0.130. The van der Waals surface area contributed by atoms with Gasteiger partial charge in [-0.3, -0.25) is 0 Å². The first-order valence-electron chi connectivity index (χ1n) is 10.1. The van der Waals surface area contributed by atoms with E-state index in [1.807, 2.05) is 6.20 Å². The normalized spacial score (nSPS) is 23.4. The lowest BCUT2D eigenvalue weighted by Crippen LogP contribution is -2.40. The maximum atomic E-state index is 4.64. The van der Waals surface area contributed by atoms with Crippen molar-refractivity contribution in [3.8, 4) is 0 Å². The molecular weight excluding hydrogens is 326 g/mol. The molecule has 1 unspecified atom stereocenters. The minimum absolute atomic E-state index is 0.719. The maximum Gasteiger partial charge on any atom is 0.128 e. The summed E-state index contributed by atoms with van der Waals surface area (Å²) >= 11 is 1.76. The molecule has 2 aliphatic heterocycles. The Labute approximate surface area is 158 Å². The monoisotopic (exact) mass is 361 g/mol. The first-order chi connectivity index (χ1) is 12.2. The second-order valence-corrected chi connectivity index (χ2v) is 9.04. The highest BCUT2D eigenvalue weighted by Crippen LogP contribution is 2.29. The number of thioether (sulfide) groups is 1. The Balaban J connectivity index is 1.40. The zero-order valence-electron chi connectivity index (χ0n) is 16.3. The molecule has 2 saturated heterocycles. The number of hydrogen-bond donors (Lipinski definition) is 0. The first kappa shape index (κ1) is 19.0. The fourth-order valence-corrected chi connectivity index (χ4v) is 4.77. The van der Waals surface area contributed by atoms with E-state index in [0.717, 1.165) is 23.7 Å². The van der Waals surface area contributed by atoms with Gasteiger partial charge in [0.1, 0.15) is 5.82 Å². The Morgan fingerprint density at radius 2 is 1.84 bits per heavy atom. The summed E-state index contributed by atoms with van der Waals surface area (Å²) in [6, 6.07) is 5.10. The highest BCUT2D eigenvalue weighted by atomic mass is 32.2. The third-order valence-corrected chi connectivity index (χ3v) is 6.87. The average Bonchev–Trinajstić information content (AvgIpc) is 2.67. The number of anilines is 1. The number of nitrogens with zero attached hydrogens (tertiary/aromatic N) is 3. The number of piperidine rings is 2. The van der Waals surface area contributed by atoms with Crippen LogP contribution < -0.4 is 4.90 Å². The predicted octanol–water partition coefficient (Wildman–Crippen LogP) is 4.92. The van der Waals surface area contributed by atoms with Gasteiger partial charge in [0.05, 0.1) is 0 Å². The quantitative estimate of drug-likeness (QED) is 0.670. The Morgan fingerprint density at radius 1 is 1.08 bits per heavy atom. The van der Waals surface area contributed by atoms with Crippen molar-refractivity contribution in [3.63, 3.8) is 0 Å². The van der Waals surface area contributed by atoms with Gasteiger partial charge in [-0.15, -0.1) is 11.8 Å². The van der Waals surface area contributed by atoms with Crippen LogP contribution in [0, 0.1) is 11.8 Å². The van der Waals surface area contributed by atoms with E-state index in [9.17, 15) is 0 Å². The molecule has 0 amide bonds. The molecule has 3 heterocycles. The second kappa shape index (κ2) is 9.27. The van der Waals surface area contributed by atoms with Crippen molar-refractivity contribution in [2.75, 3.05) is 37.3 Å². The Morgan fingerprint density at radius 3 is 2.48 bits per heavy atom. The molecule has 25 heavy (non-hydrogen) atoms. The third-order valence-electron chi connectivity index (χ3n) is 6.16. The molecule has 3 rings (SSSR count). The first-order valence-corrected chi connectivity index (χ1v) is 11.4. The van der Waals surface area contributed by atoms with Crippen molar-refractivity contribution < 1.29 is 0 Å². The van der Waals surface area contributed by atoms with E-state index < -0.39 is 0 Å². The fraction of sp³-hybridized carbons (Fsp3) is 0.762. The van der Waals surface area contributed by atoms with Crippen molar-refractivity contribution in [2.24, 2.45) is 11.8 Å². The Kier molecular flexibility index (Phi) is 7.06.